The summed E-state index contributed by atoms with van der Waals surface area (Å²) in [6, 6.07) is 19.6. The number of carbonyl (C=O) groups is 5. The molecule has 2 heterocycles. The predicted octanol–water partition coefficient (Wildman–Crippen LogP) is 6.78. The van der Waals surface area contributed by atoms with Crippen LogP contribution in [-0.2, 0) is 59.3 Å². The molecule has 0 saturated heterocycles. The van der Waals surface area contributed by atoms with Crippen LogP contribution in [0.4, 0.5) is 4.79 Å². The summed E-state index contributed by atoms with van der Waals surface area (Å²) in [5.41, 5.74) is 1.72. The zero-order valence-corrected chi connectivity index (χ0v) is 39.4. The second kappa shape index (κ2) is 21.4. The van der Waals surface area contributed by atoms with Gasteiger partial charge in [0.15, 0.2) is 17.2 Å². The van der Waals surface area contributed by atoms with Crippen molar-refractivity contribution in [2.75, 3.05) is 7.11 Å². The van der Waals surface area contributed by atoms with Crippen molar-refractivity contribution in [1.29, 1.82) is 0 Å². The quantitative estimate of drug-likeness (QED) is 0.0837. The summed E-state index contributed by atoms with van der Waals surface area (Å²) in [6.07, 6.45) is -1.97. The molecule has 0 saturated carbocycles. The van der Waals surface area contributed by atoms with E-state index in [4.69, 9.17) is 18.9 Å². The van der Waals surface area contributed by atoms with Gasteiger partial charge >= 0.3 is 12.1 Å². The monoisotopic (exact) mass is 1080 g/mol. The first-order chi connectivity index (χ1) is 28.9. The Morgan fingerprint density at radius 1 is 0.902 bits per heavy atom. The summed E-state index contributed by atoms with van der Waals surface area (Å²) < 4.78 is 24.3. The third kappa shape index (κ3) is 13.6. The lowest BCUT2D eigenvalue weighted by Gasteiger charge is -2.29. The number of aromatic hydroxyl groups is 1. The number of hydrogen-bond donors (Lipinski definition) is 5. The molecule has 5 atom stereocenters. The first-order valence-corrected chi connectivity index (χ1v) is 21.9. The summed E-state index contributed by atoms with van der Waals surface area (Å²) in [5, 5.41) is 22.2. The summed E-state index contributed by atoms with van der Waals surface area (Å²) in [5.74, 6) is -2.86. The highest BCUT2D eigenvalue weighted by Gasteiger charge is 2.36. The highest BCUT2D eigenvalue weighted by Crippen LogP contribution is 2.42. The Bertz CT molecular complexity index is 2200. The molecule has 4 amide bonds. The third-order valence-corrected chi connectivity index (χ3v) is 11.4. The molecule has 5 N–H and O–H groups in total. The van der Waals surface area contributed by atoms with Crippen molar-refractivity contribution in [1.82, 2.24) is 21.3 Å². The molecule has 0 aromatic heterocycles. The van der Waals surface area contributed by atoms with Gasteiger partial charge in [0.05, 0.1) is 32.3 Å². The molecule has 17 heteroatoms. The van der Waals surface area contributed by atoms with Crippen molar-refractivity contribution in [2.45, 2.75) is 89.4 Å². The average molecular weight is 1080 g/mol. The van der Waals surface area contributed by atoms with E-state index in [0.717, 1.165) is 11.1 Å². The van der Waals surface area contributed by atoms with Crippen LogP contribution in [0.1, 0.15) is 49.9 Å². The fraction of sp³-hybridized carbons (Fsp3) is 0.341. The van der Waals surface area contributed by atoms with E-state index in [1.165, 1.54) is 13.2 Å². The van der Waals surface area contributed by atoms with Gasteiger partial charge in [-0.2, -0.15) is 0 Å². The standard InChI is InChI=1S/C44H47Br2IN4O10/c1-24(59-23-26-14-10-7-11-15-26)36-41(55)49-34(42(56)58-5)21-27-16-29(45)38(30(46)17-27)60-35-22-28(18-31(47)37(35)52)20-32(40(54)51-36)48-39(53)33(19-25-12-8-6-9-13-25)50-43(57)61-44(2,3)4/h6-18,22,24,32-34,36,52H,19-21,23H2,1-5H3,(H,48,53)(H,49,55)(H,50,57)(H,51,54)/t24?,32-,33?,34-,36-/m0/s1. The van der Waals surface area contributed by atoms with Crippen LogP contribution in [0.2, 0.25) is 0 Å². The minimum atomic E-state index is -1.40. The molecule has 4 bridgehead atoms. The molecule has 4 aromatic carbocycles. The molecule has 0 radical (unpaired) electrons. The van der Waals surface area contributed by atoms with E-state index in [1.54, 1.807) is 70.2 Å². The normalized spacial score (nSPS) is 18.0. The molecule has 0 fully saturated rings. The number of nitrogens with one attached hydrogen (secondary N) is 4. The van der Waals surface area contributed by atoms with E-state index in [9.17, 15) is 29.1 Å². The van der Waals surface area contributed by atoms with Gasteiger partial charge in [0.25, 0.3) is 0 Å². The number of benzene rings is 4. The van der Waals surface area contributed by atoms with Gasteiger partial charge in [0.1, 0.15) is 29.8 Å². The van der Waals surface area contributed by atoms with E-state index in [1.807, 2.05) is 59.0 Å². The molecule has 2 aliphatic rings. The van der Waals surface area contributed by atoms with Crippen LogP contribution in [0.25, 0.3) is 0 Å². The van der Waals surface area contributed by atoms with Gasteiger partial charge in [-0.3, -0.25) is 14.4 Å². The largest absolute Gasteiger partial charge is 0.504 e. The summed E-state index contributed by atoms with van der Waals surface area (Å²) in [7, 11) is 1.20. The number of alkyl carbamates (subject to hydrolysis) is 1. The lowest BCUT2D eigenvalue weighted by Crippen LogP contribution is -2.61. The Labute approximate surface area is 384 Å². The molecule has 14 nitrogen and oxygen atoms in total. The van der Waals surface area contributed by atoms with Crippen LogP contribution < -0.4 is 26.0 Å². The van der Waals surface area contributed by atoms with E-state index in [0.29, 0.717) is 29.4 Å². The van der Waals surface area contributed by atoms with Crippen LogP contribution in [-0.4, -0.2) is 77.9 Å². The first kappa shape index (κ1) is 47.3. The number of hydrogen-bond acceptors (Lipinski definition) is 10. The molecule has 6 rings (SSSR count). The van der Waals surface area contributed by atoms with E-state index < -0.39 is 65.7 Å². The maximum atomic E-state index is 14.7. The van der Waals surface area contributed by atoms with Gasteiger partial charge in [-0.15, -0.1) is 0 Å². The minimum Gasteiger partial charge on any atom is -0.504 e. The zero-order chi connectivity index (χ0) is 44.4. The van der Waals surface area contributed by atoms with Gasteiger partial charge in [0, 0.05) is 19.3 Å². The maximum absolute atomic E-state index is 14.7. The second-order valence-electron chi connectivity index (χ2n) is 15.3. The second-order valence-corrected chi connectivity index (χ2v) is 18.2. The summed E-state index contributed by atoms with van der Waals surface area (Å²) in [6.45, 7) is 6.77. The number of methoxy groups -OCH3 is 1. The molecule has 324 valence electrons. The zero-order valence-electron chi connectivity index (χ0n) is 34.1. The predicted molar refractivity (Wildman–Crippen MR) is 242 cm³/mol. The molecular formula is C44H47Br2IN4O10. The van der Waals surface area contributed by atoms with Crippen LogP contribution in [0.5, 0.6) is 17.2 Å². The Morgan fingerprint density at radius 3 is 2.11 bits per heavy atom. The number of phenolic OH excluding ortho intramolecular Hbond substituents is 1. The topological polar surface area (TPSA) is 191 Å². The fourth-order valence-corrected chi connectivity index (χ4v) is 8.48. The molecule has 4 aromatic rings. The van der Waals surface area contributed by atoms with Crippen molar-refractivity contribution in [3.63, 3.8) is 0 Å². The van der Waals surface area contributed by atoms with Crippen molar-refractivity contribution < 1.29 is 48.0 Å². The Hall–Kier alpha value is -4.72. The highest BCUT2D eigenvalue weighted by molar-refractivity contribution is 14.1. The van der Waals surface area contributed by atoms with E-state index in [-0.39, 0.29) is 37.4 Å². The van der Waals surface area contributed by atoms with E-state index >= 15 is 0 Å². The van der Waals surface area contributed by atoms with Crippen LogP contribution in [0.15, 0.2) is 93.9 Å². The maximum Gasteiger partial charge on any atom is 0.408 e. The van der Waals surface area contributed by atoms with E-state index in [2.05, 4.69) is 53.1 Å². The Kier molecular flexibility index (Phi) is 16.6. The van der Waals surface area contributed by atoms with Gasteiger partial charge in [-0.25, -0.2) is 9.59 Å². The fourth-order valence-electron chi connectivity index (χ4n) is 6.37. The number of amides is 4. The third-order valence-electron chi connectivity index (χ3n) is 9.37. The number of carbonyl (C=O) groups excluding carboxylic acids is 5. The Balaban J connectivity index is 1.59. The number of halogens is 3. The number of rotatable bonds is 10. The highest BCUT2D eigenvalue weighted by atomic mass is 127. The van der Waals surface area contributed by atoms with Crippen molar-refractivity contribution >= 4 is 84.2 Å². The van der Waals surface area contributed by atoms with Crippen molar-refractivity contribution in [3.8, 4) is 17.2 Å². The van der Waals surface area contributed by atoms with Crippen molar-refractivity contribution in [3.05, 3.63) is 120 Å². The van der Waals surface area contributed by atoms with Crippen molar-refractivity contribution in [2.24, 2.45) is 0 Å². The van der Waals surface area contributed by atoms with Gasteiger partial charge in [-0.05, 0) is 129 Å². The summed E-state index contributed by atoms with van der Waals surface area (Å²) >= 11 is 9.03. The lowest BCUT2D eigenvalue weighted by molar-refractivity contribution is -0.146. The van der Waals surface area contributed by atoms with Crippen LogP contribution >= 0.6 is 54.5 Å². The van der Waals surface area contributed by atoms with Crippen LogP contribution in [0.3, 0.4) is 0 Å². The molecule has 0 spiro atoms. The average Bonchev–Trinajstić information content (AvgIpc) is 3.20. The first-order valence-electron chi connectivity index (χ1n) is 19.3. The molecule has 2 unspecified atom stereocenters. The molecule has 61 heavy (non-hydrogen) atoms. The van der Waals surface area contributed by atoms with Gasteiger partial charge in [-0.1, -0.05) is 60.7 Å². The number of fused-ring (bicyclic) bond motifs is 10. The number of phenols is 1. The van der Waals surface area contributed by atoms with Crippen LogP contribution in [0, 0.1) is 3.57 Å². The SMILES string of the molecule is COC(=O)[C@@H]1Cc2cc(Br)c(c(Br)c2)Oc2cc(cc(I)c2O)C[C@H](NC(=O)C(Cc2ccccc2)NC(=O)OC(C)(C)C)C(=O)N[C@@H](C(C)OCc2ccccc2)C(=O)N1. The summed E-state index contributed by atoms with van der Waals surface area (Å²) in [4.78, 5) is 69.6. The molecule has 2 aliphatic heterocycles. The van der Waals surface area contributed by atoms with Gasteiger partial charge in [0.2, 0.25) is 17.7 Å². The number of esters is 1. The molecular weight excluding hydrogens is 1030 g/mol. The number of ether oxygens (including phenoxy) is 4. The molecule has 0 aliphatic carbocycles. The minimum absolute atomic E-state index is 0.0272. The smallest absolute Gasteiger partial charge is 0.408 e. The lowest BCUT2D eigenvalue weighted by atomic mass is 10.0. The van der Waals surface area contributed by atoms with Gasteiger partial charge < -0.3 is 45.3 Å². The Morgan fingerprint density at radius 2 is 1.51 bits per heavy atom.